The number of aromatic nitrogens is 2. The molecule has 27 heteroatoms. The maximum absolute atomic E-state index is 14.0. The minimum atomic E-state index is -0.995. The molecule has 87 heavy (non-hydrogen) atoms. The number of fused-ring (bicyclic) bond motifs is 3. The van der Waals surface area contributed by atoms with Crippen molar-refractivity contribution in [2.45, 2.75) is 39.3 Å². The Morgan fingerprint density at radius 2 is 1.18 bits per heavy atom. The van der Waals surface area contributed by atoms with E-state index in [2.05, 4.69) is 10.6 Å². The van der Waals surface area contributed by atoms with E-state index in [1.807, 2.05) is 54.8 Å². The van der Waals surface area contributed by atoms with E-state index in [1.165, 1.54) is 0 Å². The molecule has 478 valence electrons. The van der Waals surface area contributed by atoms with E-state index in [-0.39, 0.29) is 82.4 Å². The van der Waals surface area contributed by atoms with Crippen molar-refractivity contribution in [3.63, 3.8) is 0 Å². The fraction of sp³-hybridized carbons (Fsp3) is 0.550. The van der Waals surface area contributed by atoms with E-state index >= 15 is 0 Å². The molecule has 0 saturated carbocycles. The molecule has 1 fully saturated rings. The van der Waals surface area contributed by atoms with Gasteiger partial charge in [0.25, 0.3) is 5.91 Å². The number of aliphatic carboxylic acids is 2. The highest BCUT2D eigenvalue weighted by atomic mass is 35.5. The number of ether oxygens (including phenoxy) is 8. The van der Waals surface area contributed by atoms with Crippen LogP contribution in [0.5, 0.6) is 11.5 Å². The van der Waals surface area contributed by atoms with E-state index in [0.717, 1.165) is 11.8 Å². The third-order valence-corrected chi connectivity index (χ3v) is 14.7. The quantitative estimate of drug-likeness (QED) is 0.0372. The largest absolute Gasteiger partial charge is 0.496 e. The van der Waals surface area contributed by atoms with Crippen LogP contribution in [-0.4, -0.2) is 265 Å². The molecule has 1 aromatic heterocycles. The van der Waals surface area contributed by atoms with Gasteiger partial charge < -0.3 is 68.4 Å². The average Bonchev–Trinajstić information content (AvgIpc) is 1.68. The molecule has 0 bridgehead atoms. The van der Waals surface area contributed by atoms with Crippen LogP contribution in [0, 0.1) is 0 Å². The zero-order valence-electron chi connectivity index (χ0n) is 50.4. The predicted octanol–water partition coefficient (Wildman–Crippen LogP) is 4.42. The number of nitrogens with one attached hydrogen (secondary N) is 2. The van der Waals surface area contributed by atoms with E-state index in [0.29, 0.717) is 174 Å². The number of hydrogen-bond acceptors (Lipinski definition) is 19. The highest BCUT2D eigenvalue weighted by Crippen LogP contribution is 2.47. The predicted molar refractivity (Wildman–Crippen MR) is 325 cm³/mol. The minimum Gasteiger partial charge on any atom is -0.496 e. The highest BCUT2D eigenvalue weighted by molar-refractivity contribution is 6.34. The lowest BCUT2D eigenvalue weighted by molar-refractivity contribution is -0.140. The number of methoxy groups -OCH3 is 1. The van der Waals surface area contributed by atoms with Gasteiger partial charge in [0, 0.05) is 110 Å². The summed E-state index contributed by atoms with van der Waals surface area (Å²) in [5.74, 6) is -1.62. The van der Waals surface area contributed by atoms with Gasteiger partial charge in [-0.1, -0.05) is 35.3 Å². The summed E-state index contributed by atoms with van der Waals surface area (Å²) in [6, 6.07) is 16.2. The van der Waals surface area contributed by atoms with Crippen molar-refractivity contribution in [2.24, 2.45) is 0 Å². The first kappa shape index (κ1) is 69.8. The zero-order chi connectivity index (χ0) is 62.7. The molecule has 0 spiro atoms. The van der Waals surface area contributed by atoms with Crippen LogP contribution in [0.1, 0.15) is 43.2 Å². The monoisotopic (exact) mass is 1260 g/mol. The third kappa shape index (κ3) is 23.3. The van der Waals surface area contributed by atoms with E-state index in [1.54, 1.807) is 63.9 Å². The number of nitrogens with zero attached hydrogens (tertiary/aromatic N) is 7. The summed E-state index contributed by atoms with van der Waals surface area (Å²) in [6.45, 7) is 13.3. The second-order valence-corrected chi connectivity index (χ2v) is 22.4. The second kappa shape index (κ2) is 36.2. The number of aldehydes is 1. The summed E-state index contributed by atoms with van der Waals surface area (Å²) in [5.41, 5.74) is 4.28. The maximum atomic E-state index is 14.0. The van der Waals surface area contributed by atoms with Crippen molar-refractivity contribution in [1.29, 1.82) is 0 Å². The van der Waals surface area contributed by atoms with Gasteiger partial charge in [0.2, 0.25) is 11.8 Å². The molecule has 1 saturated heterocycles. The van der Waals surface area contributed by atoms with Gasteiger partial charge in [-0.05, 0) is 62.7 Å². The number of amides is 3. The van der Waals surface area contributed by atoms with Crippen LogP contribution >= 0.6 is 23.2 Å². The molecule has 2 aliphatic rings. The standard InChI is InChI=1S/C60H83Cl2N9O16/c1-60(2,3)66(4)59(79)57-50-42-87-52-38-51(80-5)48(37-49(52)58(50)71(65-57)47-35-44(61)34-45(62)36-47)43-7-6-8-46(33-43)64-53(73)9-21-81-23-25-83-27-29-85-31-32-86-30-28-84-26-24-82-22-10-63-54(74)39-68-13-11-67(19-20-72)12-14-69(40-55(75)76)17-18-70(16-15-68)41-56(77)78/h6-8,20,33-38H,9-19,21-32,39-42H2,1-5H3,(H,63,74)(H,64,73)(H,75,76)(H,77,78). The zero-order valence-corrected chi connectivity index (χ0v) is 51.9. The second-order valence-electron chi connectivity index (χ2n) is 21.6. The number of carboxylic acids is 2. The molecule has 4 N–H and O–H groups in total. The molecule has 25 nitrogen and oxygen atoms in total. The summed E-state index contributed by atoms with van der Waals surface area (Å²) in [6.07, 6.45) is 0.918. The first-order valence-electron chi connectivity index (χ1n) is 28.9. The van der Waals surface area contributed by atoms with Gasteiger partial charge in [-0.25, -0.2) is 4.68 Å². The lowest BCUT2D eigenvalue weighted by atomic mass is 9.95. The van der Waals surface area contributed by atoms with Gasteiger partial charge in [0.1, 0.15) is 24.4 Å². The van der Waals surface area contributed by atoms with Crippen molar-refractivity contribution >= 4 is 64.8 Å². The van der Waals surface area contributed by atoms with Crippen LogP contribution < -0.4 is 20.1 Å². The summed E-state index contributed by atoms with van der Waals surface area (Å²) in [7, 11) is 3.32. The molecule has 0 aliphatic carbocycles. The Balaban J connectivity index is 0.806. The highest BCUT2D eigenvalue weighted by Gasteiger charge is 2.35. The van der Waals surface area contributed by atoms with Gasteiger partial charge in [0.15, 0.2) is 5.69 Å². The third-order valence-electron chi connectivity index (χ3n) is 14.2. The number of carbonyl (C=O) groups is 6. The number of benzene rings is 3. The minimum absolute atomic E-state index is 0.0759. The molecule has 0 atom stereocenters. The summed E-state index contributed by atoms with van der Waals surface area (Å²) in [5, 5.41) is 30.3. The number of carbonyl (C=O) groups excluding carboxylic acids is 4. The molecular weight excluding hydrogens is 1170 g/mol. The molecule has 3 heterocycles. The van der Waals surface area contributed by atoms with Crippen LogP contribution in [0.4, 0.5) is 5.69 Å². The summed E-state index contributed by atoms with van der Waals surface area (Å²) in [4.78, 5) is 83.2. The summed E-state index contributed by atoms with van der Waals surface area (Å²) < 4.78 is 47.4. The Morgan fingerprint density at radius 1 is 0.667 bits per heavy atom. The Labute approximate surface area is 517 Å². The first-order chi connectivity index (χ1) is 41.8. The normalized spacial score (nSPS) is 14.7. The fourth-order valence-electron chi connectivity index (χ4n) is 9.36. The number of carboxylic acid groups (broad SMARTS) is 2. The Morgan fingerprint density at radius 3 is 1.70 bits per heavy atom. The number of hydrogen-bond donors (Lipinski definition) is 4. The first-order valence-corrected chi connectivity index (χ1v) is 29.7. The number of rotatable bonds is 34. The molecule has 0 unspecified atom stereocenters. The molecule has 2 aliphatic heterocycles. The van der Waals surface area contributed by atoms with Crippen molar-refractivity contribution < 1.29 is 76.9 Å². The Bertz CT molecular complexity index is 2870. The van der Waals surface area contributed by atoms with Gasteiger partial charge in [-0.2, -0.15) is 5.10 Å². The van der Waals surface area contributed by atoms with Crippen LogP contribution in [-0.2, 0) is 59.0 Å². The number of anilines is 1. The molecule has 6 rings (SSSR count). The molecule has 3 amide bonds. The fourth-order valence-corrected chi connectivity index (χ4v) is 9.87. The number of halogens is 2. The van der Waals surface area contributed by atoms with Crippen LogP contribution in [0.15, 0.2) is 54.6 Å². The molecule has 3 aromatic carbocycles. The van der Waals surface area contributed by atoms with Crippen molar-refractivity contribution in [3.05, 3.63) is 75.9 Å². The van der Waals surface area contributed by atoms with E-state index in [4.69, 9.17) is 66.2 Å². The van der Waals surface area contributed by atoms with Gasteiger partial charge in [-0.15, -0.1) is 0 Å². The van der Waals surface area contributed by atoms with Crippen LogP contribution in [0.25, 0.3) is 28.1 Å². The van der Waals surface area contributed by atoms with Crippen molar-refractivity contribution in [3.8, 4) is 39.6 Å². The van der Waals surface area contributed by atoms with Gasteiger partial charge >= 0.3 is 11.9 Å². The Hall–Kier alpha value is -6.33. The molecule has 0 radical (unpaired) electrons. The van der Waals surface area contributed by atoms with Gasteiger partial charge in [-0.3, -0.25) is 43.6 Å². The maximum Gasteiger partial charge on any atom is 0.317 e. The lowest BCUT2D eigenvalue weighted by Gasteiger charge is -2.32. The van der Waals surface area contributed by atoms with Crippen LogP contribution in [0.3, 0.4) is 0 Å². The average molecular weight is 1260 g/mol. The Kier molecular flexibility index (Phi) is 29.0. The molecule has 4 aromatic rings. The lowest BCUT2D eigenvalue weighted by Crippen LogP contribution is -2.49. The molecular formula is C60H83Cl2N9O16. The van der Waals surface area contributed by atoms with E-state index < -0.39 is 17.5 Å². The van der Waals surface area contributed by atoms with Gasteiger partial charge in [0.05, 0.1) is 130 Å². The topological polar surface area (TPSA) is 275 Å². The SMILES string of the molecule is COc1cc2c(cc1-c1cccc(NC(=O)CCOCCOCCOCCOCCOCCOCCNC(=O)CN3CCN(CC=O)CCN(CC(=O)O)CCN(CC(=O)O)CC3)c1)-c1c(c(C(=O)N(C)C(C)(C)C)nn1-c1cc(Cl)cc(Cl)c1)CO2. The van der Waals surface area contributed by atoms with Crippen molar-refractivity contribution in [1.82, 2.24) is 39.6 Å². The smallest absolute Gasteiger partial charge is 0.317 e. The van der Waals surface area contributed by atoms with Crippen LogP contribution in [0.2, 0.25) is 10.0 Å². The van der Waals surface area contributed by atoms with E-state index in [9.17, 15) is 39.0 Å². The summed E-state index contributed by atoms with van der Waals surface area (Å²) >= 11 is 13.0. The van der Waals surface area contributed by atoms with Crippen molar-refractivity contribution in [2.75, 3.05) is 184 Å².